The van der Waals surface area contributed by atoms with E-state index in [1.54, 1.807) is 17.3 Å². The van der Waals surface area contributed by atoms with Gasteiger partial charge in [0.2, 0.25) is 0 Å². The van der Waals surface area contributed by atoms with Crippen LogP contribution in [-0.2, 0) is 6.54 Å². The van der Waals surface area contributed by atoms with E-state index in [9.17, 15) is 4.79 Å². The molecule has 1 aliphatic heterocycles. The van der Waals surface area contributed by atoms with Crippen LogP contribution < -0.4 is 4.90 Å². The summed E-state index contributed by atoms with van der Waals surface area (Å²) in [6, 6.07) is 10.0. The Balaban J connectivity index is 1.68. The number of hydrogen-bond acceptors (Lipinski definition) is 4. The van der Waals surface area contributed by atoms with Gasteiger partial charge in [-0.15, -0.1) is 0 Å². The molecule has 1 aliphatic rings. The lowest BCUT2D eigenvalue weighted by Gasteiger charge is -2.31. The second-order valence-electron chi connectivity index (χ2n) is 6.76. The molecule has 0 spiro atoms. The number of piperidine rings is 1. The van der Waals surface area contributed by atoms with Gasteiger partial charge in [-0.25, -0.2) is 9.97 Å². The van der Waals surface area contributed by atoms with Crippen LogP contribution in [0.25, 0.3) is 0 Å². The lowest BCUT2D eigenvalue weighted by atomic mass is 10.0. The first kappa shape index (κ1) is 17.4. The zero-order chi connectivity index (χ0) is 17.6. The van der Waals surface area contributed by atoms with E-state index >= 15 is 0 Å². The van der Waals surface area contributed by atoms with Crippen molar-refractivity contribution in [3.05, 3.63) is 54.0 Å². The number of aromatic nitrogens is 2. The Morgan fingerprint density at radius 1 is 1.24 bits per heavy atom. The molecule has 0 aliphatic carbocycles. The number of hydrogen-bond donors (Lipinski definition) is 0. The van der Waals surface area contributed by atoms with Crippen LogP contribution in [0.4, 0.5) is 5.82 Å². The highest BCUT2D eigenvalue weighted by molar-refractivity contribution is 5.92. The monoisotopic (exact) mass is 338 g/mol. The first-order chi connectivity index (χ1) is 12.2. The SMILES string of the molecule is CCN(Cc1ccccc1)C(=O)c1cnc(N2CCCC(C)C2)cn1. The number of benzene rings is 1. The first-order valence-corrected chi connectivity index (χ1v) is 9.07. The fourth-order valence-corrected chi connectivity index (χ4v) is 3.29. The molecule has 1 amide bonds. The number of rotatable bonds is 5. The van der Waals surface area contributed by atoms with Gasteiger partial charge in [0.1, 0.15) is 11.5 Å². The van der Waals surface area contributed by atoms with Crippen molar-refractivity contribution in [2.45, 2.75) is 33.2 Å². The number of carbonyl (C=O) groups is 1. The Bertz CT molecular complexity index is 687. The van der Waals surface area contributed by atoms with Gasteiger partial charge in [-0.3, -0.25) is 4.79 Å². The summed E-state index contributed by atoms with van der Waals surface area (Å²) in [6.07, 6.45) is 5.81. The Kier molecular flexibility index (Phi) is 5.64. The van der Waals surface area contributed by atoms with Crippen LogP contribution in [0.15, 0.2) is 42.7 Å². The highest BCUT2D eigenvalue weighted by Gasteiger charge is 2.20. The van der Waals surface area contributed by atoms with Crippen molar-refractivity contribution in [1.29, 1.82) is 0 Å². The molecule has 1 aromatic carbocycles. The van der Waals surface area contributed by atoms with E-state index in [0.29, 0.717) is 24.7 Å². The van der Waals surface area contributed by atoms with Crippen LogP contribution in [0.2, 0.25) is 0 Å². The van der Waals surface area contributed by atoms with Crippen LogP contribution in [0.1, 0.15) is 42.7 Å². The van der Waals surface area contributed by atoms with E-state index in [1.807, 2.05) is 37.3 Å². The molecule has 3 rings (SSSR count). The molecule has 1 atom stereocenters. The lowest BCUT2D eigenvalue weighted by Crippen LogP contribution is -2.35. The van der Waals surface area contributed by atoms with Gasteiger partial charge < -0.3 is 9.80 Å². The van der Waals surface area contributed by atoms with Gasteiger partial charge in [-0.1, -0.05) is 37.3 Å². The Hall–Kier alpha value is -2.43. The summed E-state index contributed by atoms with van der Waals surface area (Å²) in [5, 5.41) is 0. The van der Waals surface area contributed by atoms with E-state index in [0.717, 1.165) is 24.5 Å². The molecule has 2 heterocycles. The Morgan fingerprint density at radius 2 is 2.04 bits per heavy atom. The first-order valence-electron chi connectivity index (χ1n) is 9.07. The summed E-state index contributed by atoms with van der Waals surface area (Å²) in [5.74, 6) is 1.48. The molecule has 5 heteroatoms. The Labute approximate surface area is 149 Å². The van der Waals surface area contributed by atoms with Crippen molar-refractivity contribution >= 4 is 11.7 Å². The molecule has 0 N–H and O–H groups in total. The highest BCUT2D eigenvalue weighted by Crippen LogP contribution is 2.20. The van der Waals surface area contributed by atoms with Crippen LogP contribution in [0.3, 0.4) is 0 Å². The predicted molar refractivity (Wildman–Crippen MR) is 99.5 cm³/mol. The van der Waals surface area contributed by atoms with Crippen molar-refractivity contribution in [3.8, 4) is 0 Å². The molecule has 5 nitrogen and oxygen atoms in total. The van der Waals surface area contributed by atoms with E-state index in [-0.39, 0.29) is 5.91 Å². The average molecular weight is 338 g/mol. The van der Waals surface area contributed by atoms with Crippen molar-refractivity contribution in [1.82, 2.24) is 14.9 Å². The largest absolute Gasteiger partial charge is 0.355 e. The summed E-state index contributed by atoms with van der Waals surface area (Å²) in [7, 11) is 0. The predicted octanol–water partition coefficient (Wildman–Crippen LogP) is 3.38. The summed E-state index contributed by atoms with van der Waals surface area (Å²) >= 11 is 0. The summed E-state index contributed by atoms with van der Waals surface area (Å²) in [6.45, 7) is 7.50. The number of nitrogens with zero attached hydrogens (tertiary/aromatic N) is 4. The third-order valence-corrected chi connectivity index (χ3v) is 4.72. The van der Waals surface area contributed by atoms with Crippen molar-refractivity contribution in [2.75, 3.05) is 24.5 Å². The number of carbonyl (C=O) groups excluding carboxylic acids is 1. The molecule has 25 heavy (non-hydrogen) atoms. The summed E-state index contributed by atoms with van der Waals surface area (Å²) in [5.41, 5.74) is 1.52. The van der Waals surface area contributed by atoms with E-state index in [2.05, 4.69) is 21.8 Å². The van der Waals surface area contributed by atoms with Gasteiger partial charge in [-0.05, 0) is 31.2 Å². The smallest absolute Gasteiger partial charge is 0.274 e. The molecule has 2 aromatic rings. The Morgan fingerprint density at radius 3 is 2.68 bits per heavy atom. The van der Waals surface area contributed by atoms with Crippen LogP contribution in [-0.4, -0.2) is 40.4 Å². The molecular formula is C20H26N4O. The van der Waals surface area contributed by atoms with E-state index in [1.165, 1.54) is 12.8 Å². The molecule has 1 unspecified atom stereocenters. The van der Waals surface area contributed by atoms with Gasteiger partial charge in [-0.2, -0.15) is 0 Å². The zero-order valence-corrected chi connectivity index (χ0v) is 15.1. The molecule has 1 saturated heterocycles. The van der Waals surface area contributed by atoms with Crippen molar-refractivity contribution < 1.29 is 4.79 Å². The molecule has 0 bridgehead atoms. The minimum atomic E-state index is -0.0718. The topological polar surface area (TPSA) is 49.3 Å². The standard InChI is InChI=1S/C20H26N4O/c1-3-23(15-17-9-5-4-6-10-17)20(25)18-12-22-19(13-21-18)24-11-7-8-16(2)14-24/h4-6,9-10,12-13,16H,3,7-8,11,14-15H2,1-2H3. The van der Waals surface area contributed by atoms with Gasteiger partial charge in [0.25, 0.3) is 5.91 Å². The minimum Gasteiger partial charge on any atom is -0.355 e. The van der Waals surface area contributed by atoms with Crippen LogP contribution in [0, 0.1) is 5.92 Å². The average Bonchev–Trinajstić information content (AvgIpc) is 2.66. The molecule has 1 aromatic heterocycles. The lowest BCUT2D eigenvalue weighted by molar-refractivity contribution is 0.0746. The molecule has 0 saturated carbocycles. The molecular weight excluding hydrogens is 312 g/mol. The normalized spacial score (nSPS) is 17.4. The number of anilines is 1. The minimum absolute atomic E-state index is 0.0718. The van der Waals surface area contributed by atoms with Crippen molar-refractivity contribution in [3.63, 3.8) is 0 Å². The van der Waals surface area contributed by atoms with Crippen molar-refractivity contribution in [2.24, 2.45) is 5.92 Å². The highest BCUT2D eigenvalue weighted by atomic mass is 16.2. The maximum Gasteiger partial charge on any atom is 0.274 e. The summed E-state index contributed by atoms with van der Waals surface area (Å²) in [4.78, 5) is 25.7. The second-order valence-corrected chi connectivity index (χ2v) is 6.76. The maximum absolute atomic E-state index is 12.7. The fourth-order valence-electron chi connectivity index (χ4n) is 3.29. The molecule has 1 fully saturated rings. The van der Waals surface area contributed by atoms with Gasteiger partial charge in [0.15, 0.2) is 0 Å². The maximum atomic E-state index is 12.7. The van der Waals surface area contributed by atoms with Crippen LogP contribution >= 0.6 is 0 Å². The fraction of sp³-hybridized carbons (Fsp3) is 0.450. The zero-order valence-electron chi connectivity index (χ0n) is 15.1. The molecule has 132 valence electrons. The van der Waals surface area contributed by atoms with E-state index < -0.39 is 0 Å². The van der Waals surface area contributed by atoms with Gasteiger partial charge in [0.05, 0.1) is 12.4 Å². The third-order valence-electron chi connectivity index (χ3n) is 4.72. The summed E-state index contributed by atoms with van der Waals surface area (Å²) < 4.78 is 0. The second kappa shape index (κ2) is 8.10. The van der Waals surface area contributed by atoms with Crippen LogP contribution in [0.5, 0.6) is 0 Å². The van der Waals surface area contributed by atoms with Gasteiger partial charge >= 0.3 is 0 Å². The van der Waals surface area contributed by atoms with E-state index in [4.69, 9.17) is 0 Å². The third kappa shape index (κ3) is 4.35. The number of amides is 1. The molecule has 0 radical (unpaired) electrons. The quantitative estimate of drug-likeness (QED) is 0.839. The van der Waals surface area contributed by atoms with Gasteiger partial charge in [0, 0.05) is 26.2 Å².